The van der Waals surface area contributed by atoms with Crippen LogP contribution >= 0.6 is 0 Å². The van der Waals surface area contributed by atoms with Crippen molar-refractivity contribution in [3.05, 3.63) is 41.5 Å². The summed E-state index contributed by atoms with van der Waals surface area (Å²) < 4.78 is 26.0. The molecule has 0 fully saturated rings. The van der Waals surface area contributed by atoms with Gasteiger partial charge >= 0.3 is 0 Å². The summed E-state index contributed by atoms with van der Waals surface area (Å²) in [7, 11) is -3.27. The number of nitrogen functional groups attached to an aromatic ring is 1. The van der Waals surface area contributed by atoms with Gasteiger partial charge in [-0.15, -0.1) is 0 Å². The topological polar surface area (TPSA) is 63.4 Å². The van der Waals surface area contributed by atoms with E-state index in [4.69, 9.17) is 5.73 Å². The van der Waals surface area contributed by atoms with Crippen molar-refractivity contribution in [2.24, 2.45) is 0 Å². The Labute approximate surface area is 108 Å². The van der Waals surface area contributed by atoms with Gasteiger partial charge in [0, 0.05) is 18.8 Å². The van der Waals surface area contributed by atoms with Crippen molar-refractivity contribution in [3.8, 4) is 0 Å². The molecule has 0 saturated carbocycles. The lowest BCUT2D eigenvalue weighted by molar-refractivity contribution is 0.431. The smallest absolute Gasteiger partial charge is 0.218 e. The molecular formula is C13H18N2O2S. The Balaban J connectivity index is 2.16. The summed E-state index contributed by atoms with van der Waals surface area (Å²) in [6, 6.07) is 7.10. The summed E-state index contributed by atoms with van der Waals surface area (Å²) in [5.41, 5.74) is 8.24. The lowest BCUT2D eigenvalue weighted by atomic mass is 10.1. The standard InChI is InChI=1S/C13H18N2O2S/c1-11-6-8-15(9-7-11)18(16,17)10-12-4-2-3-5-13(12)14/h2-6H,7-10,14H2,1H3. The lowest BCUT2D eigenvalue weighted by Gasteiger charge is -2.25. The number of nitrogens with two attached hydrogens (primary N) is 1. The van der Waals surface area contributed by atoms with Gasteiger partial charge in [0.1, 0.15) is 0 Å². The Morgan fingerprint density at radius 1 is 1.33 bits per heavy atom. The Morgan fingerprint density at radius 3 is 2.67 bits per heavy atom. The highest BCUT2D eigenvalue weighted by molar-refractivity contribution is 7.88. The van der Waals surface area contributed by atoms with E-state index in [-0.39, 0.29) is 5.75 Å². The Hall–Kier alpha value is -1.33. The third kappa shape index (κ3) is 2.91. The van der Waals surface area contributed by atoms with E-state index in [0.29, 0.717) is 24.3 Å². The van der Waals surface area contributed by atoms with E-state index in [9.17, 15) is 8.42 Å². The second-order valence-corrected chi connectivity index (χ2v) is 6.58. The number of nitrogens with zero attached hydrogens (tertiary/aromatic N) is 1. The zero-order valence-electron chi connectivity index (χ0n) is 10.5. The first-order valence-corrected chi connectivity index (χ1v) is 7.57. The predicted molar refractivity (Wildman–Crippen MR) is 73.4 cm³/mol. The molecule has 2 N–H and O–H groups in total. The SMILES string of the molecule is CC1=CCN(S(=O)(=O)Cc2ccccc2N)CC1. The second-order valence-electron chi connectivity index (χ2n) is 4.61. The van der Waals surface area contributed by atoms with Gasteiger partial charge in [0.15, 0.2) is 0 Å². The Kier molecular flexibility index (Phi) is 3.73. The Bertz CT molecular complexity index is 564. The molecule has 0 unspecified atom stereocenters. The lowest BCUT2D eigenvalue weighted by Crippen LogP contribution is -2.35. The monoisotopic (exact) mass is 266 g/mol. The zero-order valence-corrected chi connectivity index (χ0v) is 11.3. The minimum Gasteiger partial charge on any atom is -0.398 e. The van der Waals surface area contributed by atoms with Crippen LogP contribution in [0.2, 0.25) is 0 Å². The van der Waals surface area contributed by atoms with Gasteiger partial charge in [-0.1, -0.05) is 29.8 Å². The van der Waals surface area contributed by atoms with Crippen molar-refractivity contribution < 1.29 is 8.42 Å². The summed E-state index contributed by atoms with van der Waals surface area (Å²) in [5, 5.41) is 0. The summed E-state index contributed by atoms with van der Waals surface area (Å²) in [5.74, 6) is -0.0213. The first kappa shape index (κ1) is 13.1. The molecule has 1 aromatic carbocycles. The van der Waals surface area contributed by atoms with Gasteiger partial charge in [-0.25, -0.2) is 8.42 Å². The second kappa shape index (κ2) is 5.12. The first-order chi connectivity index (χ1) is 8.49. The van der Waals surface area contributed by atoms with Crippen LogP contribution < -0.4 is 5.73 Å². The van der Waals surface area contributed by atoms with E-state index in [2.05, 4.69) is 0 Å². The van der Waals surface area contributed by atoms with Crippen LogP contribution in [0, 0.1) is 0 Å². The fourth-order valence-corrected chi connectivity index (χ4v) is 3.47. The normalized spacial score (nSPS) is 17.5. The van der Waals surface area contributed by atoms with Crippen molar-refractivity contribution in [2.75, 3.05) is 18.8 Å². The number of benzene rings is 1. The molecule has 0 aliphatic carbocycles. The molecular weight excluding hydrogens is 248 g/mol. The highest BCUT2D eigenvalue weighted by Crippen LogP contribution is 2.19. The molecule has 0 spiro atoms. The highest BCUT2D eigenvalue weighted by Gasteiger charge is 2.24. The van der Waals surface area contributed by atoms with E-state index >= 15 is 0 Å². The maximum absolute atomic E-state index is 12.3. The van der Waals surface area contributed by atoms with E-state index < -0.39 is 10.0 Å². The van der Waals surface area contributed by atoms with Gasteiger partial charge in [-0.3, -0.25) is 0 Å². The number of hydrogen-bond donors (Lipinski definition) is 1. The maximum atomic E-state index is 12.3. The summed E-state index contributed by atoms with van der Waals surface area (Å²) in [6.07, 6.45) is 2.78. The minimum atomic E-state index is -3.27. The van der Waals surface area contributed by atoms with Crippen molar-refractivity contribution in [1.82, 2.24) is 4.31 Å². The average Bonchev–Trinajstić information content (AvgIpc) is 2.32. The molecule has 1 aromatic rings. The molecule has 0 saturated heterocycles. The van der Waals surface area contributed by atoms with E-state index in [1.165, 1.54) is 9.88 Å². The van der Waals surface area contributed by atoms with Crippen molar-refractivity contribution in [2.45, 2.75) is 19.1 Å². The molecule has 0 aromatic heterocycles. The molecule has 4 nitrogen and oxygen atoms in total. The van der Waals surface area contributed by atoms with Crippen molar-refractivity contribution in [1.29, 1.82) is 0 Å². The van der Waals surface area contributed by atoms with Gasteiger partial charge in [0.25, 0.3) is 0 Å². The van der Waals surface area contributed by atoms with Gasteiger partial charge in [0.05, 0.1) is 5.75 Å². The third-order valence-electron chi connectivity index (χ3n) is 3.19. The first-order valence-electron chi connectivity index (χ1n) is 5.96. The number of hydrogen-bond acceptors (Lipinski definition) is 3. The molecule has 0 radical (unpaired) electrons. The highest BCUT2D eigenvalue weighted by atomic mass is 32.2. The average molecular weight is 266 g/mol. The number of rotatable bonds is 3. The van der Waals surface area contributed by atoms with Gasteiger partial charge in [0.2, 0.25) is 10.0 Å². The van der Waals surface area contributed by atoms with Gasteiger partial charge < -0.3 is 5.73 Å². The van der Waals surface area contributed by atoms with E-state index in [0.717, 1.165) is 6.42 Å². The number of para-hydroxylation sites is 1. The summed E-state index contributed by atoms with van der Waals surface area (Å²) in [6.45, 7) is 3.07. The quantitative estimate of drug-likeness (QED) is 0.669. The summed E-state index contributed by atoms with van der Waals surface area (Å²) >= 11 is 0. The van der Waals surface area contributed by atoms with Crippen LogP contribution in [0.25, 0.3) is 0 Å². The van der Waals surface area contributed by atoms with Gasteiger partial charge in [-0.05, 0) is 25.0 Å². The molecule has 5 heteroatoms. The van der Waals surface area contributed by atoms with Crippen molar-refractivity contribution in [3.63, 3.8) is 0 Å². The van der Waals surface area contributed by atoms with Crippen LogP contribution in [0.3, 0.4) is 0 Å². The van der Waals surface area contributed by atoms with Crippen LogP contribution in [0.4, 0.5) is 5.69 Å². The molecule has 2 rings (SSSR count). The largest absolute Gasteiger partial charge is 0.398 e. The third-order valence-corrected chi connectivity index (χ3v) is 4.98. The van der Waals surface area contributed by atoms with E-state index in [1.54, 1.807) is 18.2 Å². The predicted octanol–water partition coefficient (Wildman–Crippen LogP) is 1.75. The molecule has 1 aliphatic rings. The molecule has 0 atom stereocenters. The van der Waals surface area contributed by atoms with Crippen LogP contribution in [0.5, 0.6) is 0 Å². The van der Waals surface area contributed by atoms with E-state index in [1.807, 2.05) is 19.1 Å². The van der Waals surface area contributed by atoms with Crippen LogP contribution in [0.15, 0.2) is 35.9 Å². The summed E-state index contributed by atoms with van der Waals surface area (Å²) in [4.78, 5) is 0. The zero-order chi connectivity index (χ0) is 13.2. The maximum Gasteiger partial charge on any atom is 0.218 e. The van der Waals surface area contributed by atoms with Crippen LogP contribution in [-0.2, 0) is 15.8 Å². The minimum absolute atomic E-state index is 0.0213. The molecule has 0 bridgehead atoms. The van der Waals surface area contributed by atoms with Gasteiger partial charge in [-0.2, -0.15) is 4.31 Å². The fraction of sp³-hybridized carbons (Fsp3) is 0.385. The fourth-order valence-electron chi connectivity index (χ4n) is 1.96. The molecule has 1 heterocycles. The molecule has 0 amide bonds. The Morgan fingerprint density at radius 2 is 2.06 bits per heavy atom. The van der Waals surface area contributed by atoms with Crippen LogP contribution in [0.1, 0.15) is 18.9 Å². The molecule has 18 heavy (non-hydrogen) atoms. The molecule has 98 valence electrons. The van der Waals surface area contributed by atoms with Crippen molar-refractivity contribution >= 4 is 15.7 Å². The van der Waals surface area contributed by atoms with Crippen LogP contribution in [-0.4, -0.2) is 25.8 Å². The number of sulfonamides is 1. The molecule has 1 aliphatic heterocycles. The number of anilines is 1.